The first-order valence-electron chi connectivity index (χ1n) is 8.39. The van der Waals surface area contributed by atoms with Crippen LogP contribution in [0, 0.1) is 12.7 Å². The molecule has 1 aliphatic rings. The number of aryl methyl sites for hydroxylation is 1. The number of halogens is 1. The zero-order valence-electron chi connectivity index (χ0n) is 15.5. The van der Waals surface area contributed by atoms with Gasteiger partial charge in [0.1, 0.15) is 12.4 Å². The van der Waals surface area contributed by atoms with E-state index in [4.69, 9.17) is 9.16 Å². The molecule has 0 bridgehead atoms. The molecule has 1 atom stereocenters. The van der Waals surface area contributed by atoms with Crippen LogP contribution >= 0.6 is 0 Å². The predicted octanol–water partition coefficient (Wildman–Crippen LogP) is 4.87. The van der Waals surface area contributed by atoms with Gasteiger partial charge in [-0.05, 0) is 49.2 Å². The molecule has 2 rings (SSSR count). The van der Waals surface area contributed by atoms with Gasteiger partial charge in [-0.2, -0.15) is 0 Å². The van der Waals surface area contributed by atoms with Crippen LogP contribution in [0.4, 0.5) is 14.9 Å². The van der Waals surface area contributed by atoms with E-state index in [0.29, 0.717) is 30.9 Å². The van der Waals surface area contributed by atoms with E-state index >= 15 is 0 Å². The average molecular weight is 354 g/mol. The molecule has 6 heteroatoms. The molecule has 0 aromatic heterocycles. The molecule has 0 saturated carbocycles. The second-order valence-corrected chi connectivity index (χ2v) is 12.7. The first kappa shape index (κ1) is 18.9. The minimum atomic E-state index is -1.82. The summed E-state index contributed by atoms with van der Waals surface area (Å²) in [5, 5.41) is 0.148. The minimum absolute atomic E-state index is 0.121. The number of carbonyl (C=O) groups is 1. The highest BCUT2D eigenvalue weighted by atomic mass is 28.4. The number of hydrogen-bond acceptors (Lipinski definition) is 3. The van der Waals surface area contributed by atoms with Crippen molar-refractivity contribution in [3.8, 4) is 0 Å². The van der Waals surface area contributed by atoms with E-state index in [-0.39, 0.29) is 16.9 Å². The number of amides is 1. The number of cyclic esters (lactones) is 1. The summed E-state index contributed by atoms with van der Waals surface area (Å²) in [4.78, 5) is 13.6. The third-order valence-electron chi connectivity index (χ3n) is 5.11. The van der Waals surface area contributed by atoms with Crippen LogP contribution in [0.3, 0.4) is 0 Å². The fourth-order valence-corrected chi connectivity index (χ4v) is 3.45. The summed E-state index contributed by atoms with van der Waals surface area (Å²) in [7, 11) is -1.82. The normalized spacial score (nSPS) is 18.9. The van der Waals surface area contributed by atoms with Gasteiger partial charge in [0.25, 0.3) is 0 Å². The van der Waals surface area contributed by atoms with Gasteiger partial charge in [0, 0.05) is 6.61 Å². The first-order chi connectivity index (χ1) is 11.0. The Hall–Kier alpha value is -1.40. The lowest BCUT2D eigenvalue weighted by Gasteiger charge is -2.36. The van der Waals surface area contributed by atoms with Crippen LogP contribution in [0.2, 0.25) is 18.1 Å². The summed E-state index contributed by atoms with van der Waals surface area (Å²) < 4.78 is 25.2. The molecule has 1 amide bonds. The van der Waals surface area contributed by atoms with Crippen molar-refractivity contribution in [2.45, 2.75) is 58.3 Å². The van der Waals surface area contributed by atoms with E-state index in [1.165, 1.54) is 11.0 Å². The zero-order valence-corrected chi connectivity index (χ0v) is 16.5. The highest BCUT2D eigenvalue weighted by Gasteiger charge is 2.38. The lowest BCUT2D eigenvalue weighted by Crippen LogP contribution is -2.42. The Kier molecular flexibility index (Phi) is 5.40. The first-order valence-corrected chi connectivity index (χ1v) is 11.3. The fraction of sp³-hybridized carbons (Fsp3) is 0.611. The lowest BCUT2D eigenvalue weighted by atomic mass is 10.1. The molecule has 0 spiro atoms. The molecule has 0 radical (unpaired) electrons. The van der Waals surface area contributed by atoms with Crippen LogP contribution in [0.5, 0.6) is 0 Å². The smallest absolute Gasteiger partial charge is 0.414 e. The summed E-state index contributed by atoms with van der Waals surface area (Å²) in [5.74, 6) is -0.316. The Morgan fingerprint density at radius 3 is 2.62 bits per heavy atom. The van der Waals surface area contributed by atoms with Gasteiger partial charge in [0.05, 0.1) is 11.7 Å². The predicted molar refractivity (Wildman–Crippen MR) is 96.5 cm³/mol. The Labute approximate surface area is 145 Å². The van der Waals surface area contributed by atoms with Gasteiger partial charge in [-0.3, -0.25) is 4.90 Å². The molecule has 0 N–H and O–H groups in total. The number of rotatable bonds is 5. The van der Waals surface area contributed by atoms with Gasteiger partial charge >= 0.3 is 6.09 Å². The van der Waals surface area contributed by atoms with Crippen LogP contribution < -0.4 is 4.90 Å². The zero-order chi connectivity index (χ0) is 18.1. The van der Waals surface area contributed by atoms with Crippen molar-refractivity contribution in [1.82, 2.24) is 0 Å². The Bertz CT molecular complexity index is 613. The molecule has 0 unspecified atom stereocenters. The number of benzene rings is 1. The van der Waals surface area contributed by atoms with Crippen LogP contribution in [0.15, 0.2) is 18.2 Å². The van der Waals surface area contributed by atoms with Crippen LogP contribution in [0.1, 0.15) is 32.8 Å². The van der Waals surface area contributed by atoms with E-state index in [1.54, 1.807) is 19.1 Å². The Balaban J connectivity index is 2.04. The van der Waals surface area contributed by atoms with Gasteiger partial charge in [0.2, 0.25) is 0 Å². The standard InChI is InChI=1S/C18H28FNO3Si/c1-13-7-8-14(11-16(13)19)20-15(12-22-17(20)21)9-10-23-24(5,6)18(2,3)4/h7-8,11,15H,9-10,12H2,1-6H3/t15-/m0/s1. The van der Waals surface area contributed by atoms with Crippen molar-refractivity contribution < 1.29 is 18.3 Å². The van der Waals surface area contributed by atoms with E-state index in [1.807, 2.05) is 0 Å². The quantitative estimate of drug-likeness (QED) is 0.709. The fourth-order valence-electron chi connectivity index (χ4n) is 2.39. The lowest BCUT2D eigenvalue weighted by molar-refractivity contribution is 0.177. The average Bonchev–Trinajstić information content (AvgIpc) is 2.82. The van der Waals surface area contributed by atoms with Gasteiger partial charge in [-0.25, -0.2) is 9.18 Å². The van der Waals surface area contributed by atoms with E-state index in [9.17, 15) is 9.18 Å². The molecular formula is C18H28FNO3Si. The molecule has 1 aromatic carbocycles. The summed E-state index contributed by atoms with van der Waals surface area (Å²) in [6, 6.07) is 4.71. The topological polar surface area (TPSA) is 38.8 Å². The molecule has 1 aromatic rings. The van der Waals surface area contributed by atoms with Crippen molar-refractivity contribution in [2.75, 3.05) is 18.1 Å². The van der Waals surface area contributed by atoms with Crippen LogP contribution in [-0.4, -0.2) is 33.7 Å². The number of ether oxygens (including phenoxy) is 1. The van der Waals surface area contributed by atoms with E-state index in [2.05, 4.69) is 33.9 Å². The second kappa shape index (κ2) is 6.84. The van der Waals surface area contributed by atoms with Crippen molar-refractivity contribution >= 4 is 20.1 Å². The van der Waals surface area contributed by atoms with Crippen molar-refractivity contribution in [1.29, 1.82) is 0 Å². The summed E-state index contributed by atoms with van der Waals surface area (Å²) in [6.45, 7) is 13.6. The highest BCUT2D eigenvalue weighted by Crippen LogP contribution is 2.37. The molecule has 4 nitrogen and oxygen atoms in total. The van der Waals surface area contributed by atoms with E-state index < -0.39 is 14.4 Å². The van der Waals surface area contributed by atoms with Crippen LogP contribution in [-0.2, 0) is 9.16 Å². The SMILES string of the molecule is Cc1ccc(N2C(=O)OC[C@@H]2CCO[Si](C)(C)C(C)(C)C)cc1F. The third-order valence-corrected chi connectivity index (χ3v) is 9.65. The molecule has 1 aliphatic heterocycles. The monoisotopic (exact) mass is 353 g/mol. The summed E-state index contributed by atoms with van der Waals surface area (Å²) in [6.07, 6.45) is 0.254. The summed E-state index contributed by atoms with van der Waals surface area (Å²) >= 11 is 0. The second-order valence-electron chi connectivity index (χ2n) is 7.93. The van der Waals surface area contributed by atoms with Crippen LogP contribution in [0.25, 0.3) is 0 Å². The minimum Gasteiger partial charge on any atom is -0.447 e. The number of hydrogen-bond donors (Lipinski definition) is 0. The third kappa shape index (κ3) is 3.98. The molecule has 1 saturated heterocycles. The number of anilines is 1. The van der Waals surface area contributed by atoms with Gasteiger partial charge in [-0.1, -0.05) is 26.8 Å². The van der Waals surface area contributed by atoms with E-state index in [0.717, 1.165) is 0 Å². The highest BCUT2D eigenvalue weighted by molar-refractivity contribution is 6.74. The Morgan fingerprint density at radius 2 is 2.04 bits per heavy atom. The maximum atomic E-state index is 13.8. The molecule has 134 valence electrons. The molecule has 24 heavy (non-hydrogen) atoms. The molecule has 0 aliphatic carbocycles. The van der Waals surface area contributed by atoms with Crippen molar-refractivity contribution in [2.24, 2.45) is 0 Å². The Morgan fingerprint density at radius 1 is 1.38 bits per heavy atom. The van der Waals surface area contributed by atoms with Crippen molar-refractivity contribution in [3.05, 3.63) is 29.6 Å². The van der Waals surface area contributed by atoms with Gasteiger partial charge in [0.15, 0.2) is 8.32 Å². The largest absolute Gasteiger partial charge is 0.447 e. The molecule has 1 heterocycles. The molecular weight excluding hydrogens is 325 g/mol. The summed E-state index contributed by atoms with van der Waals surface area (Å²) in [5.41, 5.74) is 1.10. The number of nitrogens with zero attached hydrogens (tertiary/aromatic N) is 1. The number of carbonyl (C=O) groups excluding carboxylic acids is 1. The van der Waals surface area contributed by atoms with Gasteiger partial charge in [-0.15, -0.1) is 0 Å². The molecule has 1 fully saturated rings. The maximum absolute atomic E-state index is 13.8. The maximum Gasteiger partial charge on any atom is 0.414 e. The van der Waals surface area contributed by atoms with Crippen molar-refractivity contribution in [3.63, 3.8) is 0 Å². The van der Waals surface area contributed by atoms with Gasteiger partial charge < -0.3 is 9.16 Å².